The fraction of sp³-hybridized carbons (Fsp3) is 0.438. The van der Waals surface area contributed by atoms with Crippen molar-refractivity contribution in [2.24, 2.45) is 0 Å². The van der Waals surface area contributed by atoms with Crippen molar-refractivity contribution < 1.29 is 5.11 Å². The van der Waals surface area contributed by atoms with Crippen LogP contribution in [0, 0.1) is 6.92 Å². The van der Waals surface area contributed by atoms with Gasteiger partial charge in [0.2, 0.25) is 0 Å². The SMILES string of the molecule is CCCn1nc(C)c(N)c1N(CCO)Cc1ccccc1. The van der Waals surface area contributed by atoms with Crippen LogP contribution in [0.5, 0.6) is 0 Å². The molecular formula is C16H24N4O. The van der Waals surface area contributed by atoms with Crippen LogP contribution in [-0.4, -0.2) is 28.0 Å². The van der Waals surface area contributed by atoms with E-state index in [2.05, 4.69) is 29.1 Å². The van der Waals surface area contributed by atoms with Crippen molar-refractivity contribution in [1.29, 1.82) is 0 Å². The molecule has 5 nitrogen and oxygen atoms in total. The Labute approximate surface area is 126 Å². The van der Waals surface area contributed by atoms with E-state index in [1.54, 1.807) is 0 Å². The monoisotopic (exact) mass is 288 g/mol. The lowest BCUT2D eigenvalue weighted by atomic mass is 10.2. The first-order valence-electron chi connectivity index (χ1n) is 7.40. The second-order valence-corrected chi connectivity index (χ2v) is 5.18. The second-order valence-electron chi connectivity index (χ2n) is 5.18. The molecule has 1 aromatic carbocycles. The number of nitrogens with zero attached hydrogens (tertiary/aromatic N) is 3. The quantitative estimate of drug-likeness (QED) is 0.819. The molecule has 0 bridgehead atoms. The summed E-state index contributed by atoms with van der Waals surface area (Å²) in [5, 5.41) is 13.9. The Morgan fingerprint density at radius 1 is 1.29 bits per heavy atom. The van der Waals surface area contributed by atoms with E-state index in [1.807, 2.05) is 29.8 Å². The Morgan fingerprint density at radius 3 is 2.62 bits per heavy atom. The maximum absolute atomic E-state index is 9.38. The number of aliphatic hydroxyl groups is 1. The molecule has 0 aliphatic carbocycles. The summed E-state index contributed by atoms with van der Waals surface area (Å²) in [7, 11) is 0. The molecule has 0 fully saturated rings. The van der Waals surface area contributed by atoms with Gasteiger partial charge in [-0.05, 0) is 18.9 Å². The summed E-state index contributed by atoms with van der Waals surface area (Å²) >= 11 is 0. The van der Waals surface area contributed by atoms with Crippen molar-refractivity contribution in [3.63, 3.8) is 0 Å². The van der Waals surface area contributed by atoms with E-state index in [0.717, 1.165) is 24.5 Å². The predicted octanol–water partition coefficient (Wildman–Crippen LogP) is 2.18. The molecule has 0 unspecified atom stereocenters. The number of anilines is 2. The lowest BCUT2D eigenvalue weighted by molar-refractivity contribution is 0.300. The van der Waals surface area contributed by atoms with E-state index >= 15 is 0 Å². The van der Waals surface area contributed by atoms with E-state index in [4.69, 9.17) is 5.73 Å². The Morgan fingerprint density at radius 2 is 2.00 bits per heavy atom. The summed E-state index contributed by atoms with van der Waals surface area (Å²) in [4.78, 5) is 2.10. The molecule has 0 spiro atoms. The molecule has 0 aliphatic rings. The Balaban J connectivity index is 2.33. The minimum atomic E-state index is 0.0859. The number of nitrogen functional groups attached to an aromatic ring is 1. The molecule has 0 saturated heterocycles. The van der Waals surface area contributed by atoms with Gasteiger partial charge >= 0.3 is 0 Å². The number of nitrogens with two attached hydrogens (primary N) is 1. The highest BCUT2D eigenvalue weighted by Gasteiger charge is 2.18. The molecule has 0 saturated carbocycles. The van der Waals surface area contributed by atoms with Gasteiger partial charge in [0, 0.05) is 19.6 Å². The summed E-state index contributed by atoms with van der Waals surface area (Å²) in [6.45, 7) is 6.19. The minimum Gasteiger partial charge on any atom is -0.395 e. The zero-order valence-electron chi connectivity index (χ0n) is 12.8. The zero-order chi connectivity index (χ0) is 15.2. The summed E-state index contributed by atoms with van der Waals surface area (Å²) in [5.41, 5.74) is 8.94. The molecular weight excluding hydrogens is 264 g/mol. The van der Waals surface area contributed by atoms with Gasteiger partial charge in [-0.2, -0.15) is 5.10 Å². The molecule has 0 atom stereocenters. The summed E-state index contributed by atoms with van der Waals surface area (Å²) in [6, 6.07) is 10.2. The molecule has 2 rings (SSSR count). The average Bonchev–Trinajstić information content (AvgIpc) is 2.75. The smallest absolute Gasteiger partial charge is 0.151 e. The third-order valence-electron chi connectivity index (χ3n) is 3.47. The van der Waals surface area contributed by atoms with Crippen LogP contribution >= 0.6 is 0 Å². The lowest BCUT2D eigenvalue weighted by Gasteiger charge is -2.25. The average molecular weight is 288 g/mol. The van der Waals surface area contributed by atoms with Crippen molar-refractivity contribution >= 4 is 11.5 Å². The number of benzene rings is 1. The van der Waals surface area contributed by atoms with E-state index in [-0.39, 0.29) is 6.61 Å². The highest BCUT2D eigenvalue weighted by molar-refractivity contribution is 5.66. The van der Waals surface area contributed by atoms with Crippen LogP contribution in [0.3, 0.4) is 0 Å². The third-order valence-corrected chi connectivity index (χ3v) is 3.47. The molecule has 2 aromatic rings. The highest BCUT2D eigenvalue weighted by atomic mass is 16.3. The zero-order valence-corrected chi connectivity index (χ0v) is 12.8. The molecule has 1 heterocycles. The van der Waals surface area contributed by atoms with Gasteiger partial charge in [0.15, 0.2) is 5.82 Å². The van der Waals surface area contributed by atoms with E-state index < -0.39 is 0 Å². The molecule has 3 N–H and O–H groups in total. The third kappa shape index (κ3) is 3.55. The first-order chi connectivity index (χ1) is 10.2. The van der Waals surface area contributed by atoms with Crippen molar-refractivity contribution in [2.45, 2.75) is 33.4 Å². The Hall–Kier alpha value is -2.01. The van der Waals surface area contributed by atoms with Crippen LogP contribution in [0.15, 0.2) is 30.3 Å². The summed E-state index contributed by atoms with van der Waals surface area (Å²) in [5.74, 6) is 0.909. The number of rotatable bonds is 7. The highest BCUT2D eigenvalue weighted by Crippen LogP contribution is 2.28. The minimum absolute atomic E-state index is 0.0859. The molecule has 0 radical (unpaired) electrons. The van der Waals surface area contributed by atoms with E-state index in [9.17, 15) is 5.11 Å². The molecule has 114 valence electrons. The van der Waals surface area contributed by atoms with Crippen LogP contribution < -0.4 is 10.6 Å². The molecule has 0 amide bonds. The number of hydrogen-bond acceptors (Lipinski definition) is 4. The Bertz CT molecular complexity index is 565. The van der Waals surface area contributed by atoms with Gasteiger partial charge in [-0.1, -0.05) is 37.3 Å². The lowest BCUT2D eigenvalue weighted by Crippen LogP contribution is -2.29. The van der Waals surface area contributed by atoms with Gasteiger partial charge < -0.3 is 15.7 Å². The van der Waals surface area contributed by atoms with Crippen molar-refractivity contribution in [3.8, 4) is 0 Å². The molecule has 5 heteroatoms. The van der Waals surface area contributed by atoms with Gasteiger partial charge in [0.25, 0.3) is 0 Å². The van der Waals surface area contributed by atoms with Crippen molar-refractivity contribution in [3.05, 3.63) is 41.6 Å². The van der Waals surface area contributed by atoms with Crippen LogP contribution in [-0.2, 0) is 13.1 Å². The summed E-state index contributed by atoms with van der Waals surface area (Å²) in [6.07, 6.45) is 0.992. The van der Waals surface area contributed by atoms with Gasteiger partial charge in [-0.25, -0.2) is 4.68 Å². The number of aliphatic hydroxyl groups excluding tert-OH is 1. The predicted molar refractivity (Wildman–Crippen MR) is 86.2 cm³/mol. The molecule has 21 heavy (non-hydrogen) atoms. The number of hydrogen-bond donors (Lipinski definition) is 2. The first kappa shape index (κ1) is 15.4. The molecule has 1 aromatic heterocycles. The van der Waals surface area contributed by atoms with Crippen LogP contribution in [0.4, 0.5) is 11.5 Å². The first-order valence-corrected chi connectivity index (χ1v) is 7.40. The standard InChI is InChI=1S/C16H24N4O/c1-3-9-20-16(15(17)13(2)18-20)19(10-11-21)12-14-7-5-4-6-8-14/h4-8,21H,3,9-12,17H2,1-2H3. The van der Waals surface area contributed by atoms with Gasteiger partial charge in [0.1, 0.15) is 0 Å². The van der Waals surface area contributed by atoms with Crippen LogP contribution in [0.1, 0.15) is 24.6 Å². The summed E-state index contributed by atoms with van der Waals surface area (Å²) < 4.78 is 1.95. The van der Waals surface area contributed by atoms with E-state index in [1.165, 1.54) is 5.56 Å². The fourth-order valence-corrected chi connectivity index (χ4v) is 2.47. The number of aromatic nitrogens is 2. The van der Waals surface area contributed by atoms with E-state index in [0.29, 0.717) is 18.8 Å². The topological polar surface area (TPSA) is 67.3 Å². The maximum Gasteiger partial charge on any atom is 0.151 e. The van der Waals surface area contributed by atoms with Crippen LogP contribution in [0.25, 0.3) is 0 Å². The largest absolute Gasteiger partial charge is 0.395 e. The maximum atomic E-state index is 9.38. The van der Waals surface area contributed by atoms with Crippen molar-refractivity contribution in [2.75, 3.05) is 23.8 Å². The van der Waals surface area contributed by atoms with Gasteiger partial charge in [0.05, 0.1) is 18.0 Å². The fourth-order valence-electron chi connectivity index (χ4n) is 2.47. The second kappa shape index (κ2) is 7.13. The Kier molecular flexibility index (Phi) is 5.22. The number of aryl methyl sites for hydroxylation is 2. The van der Waals surface area contributed by atoms with Gasteiger partial charge in [-0.3, -0.25) is 0 Å². The molecule has 0 aliphatic heterocycles. The van der Waals surface area contributed by atoms with Crippen LogP contribution in [0.2, 0.25) is 0 Å². The normalized spacial score (nSPS) is 10.8. The van der Waals surface area contributed by atoms with Crippen molar-refractivity contribution in [1.82, 2.24) is 9.78 Å². The van der Waals surface area contributed by atoms with Gasteiger partial charge in [-0.15, -0.1) is 0 Å².